The molecule has 0 aliphatic carbocycles. The molecule has 106 valence electrons. The van der Waals surface area contributed by atoms with Crippen molar-refractivity contribution in [3.8, 4) is 0 Å². The quantitative estimate of drug-likeness (QED) is 0.826. The fourth-order valence-corrected chi connectivity index (χ4v) is 2.60. The van der Waals surface area contributed by atoms with Gasteiger partial charge in [0.15, 0.2) is 0 Å². The van der Waals surface area contributed by atoms with Crippen molar-refractivity contribution >= 4 is 5.82 Å². The molecule has 0 saturated carbocycles. The molecule has 4 heteroatoms. The molecule has 1 fully saturated rings. The highest BCUT2D eigenvalue weighted by molar-refractivity contribution is 5.35. The van der Waals surface area contributed by atoms with Crippen LogP contribution in [0.3, 0.4) is 0 Å². The highest BCUT2D eigenvalue weighted by atomic mass is 16.3. The largest absolute Gasteiger partial charge is 0.395 e. The molecule has 4 nitrogen and oxygen atoms in total. The summed E-state index contributed by atoms with van der Waals surface area (Å²) in [4.78, 5) is 7.00. The van der Waals surface area contributed by atoms with Crippen molar-refractivity contribution in [3.05, 3.63) is 23.9 Å². The summed E-state index contributed by atoms with van der Waals surface area (Å²) in [5.74, 6) is 0.955. The van der Waals surface area contributed by atoms with Gasteiger partial charge in [-0.2, -0.15) is 0 Å². The molecule has 1 aromatic rings. The van der Waals surface area contributed by atoms with Crippen LogP contribution in [0, 0.1) is 0 Å². The third kappa shape index (κ3) is 4.18. The molecule has 1 aliphatic heterocycles. The first-order valence-corrected chi connectivity index (χ1v) is 7.38. The summed E-state index contributed by atoms with van der Waals surface area (Å²) in [5.41, 5.74) is 1.08. The van der Waals surface area contributed by atoms with E-state index < -0.39 is 0 Å². The lowest BCUT2D eigenvalue weighted by atomic mass is 10.0. The summed E-state index contributed by atoms with van der Waals surface area (Å²) < 4.78 is 0. The molecule has 0 aromatic carbocycles. The Morgan fingerprint density at radius 2 is 2.32 bits per heavy atom. The first-order chi connectivity index (χ1) is 9.33. The van der Waals surface area contributed by atoms with Gasteiger partial charge in [-0.3, -0.25) is 4.90 Å². The zero-order chi connectivity index (χ0) is 13.5. The van der Waals surface area contributed by atoms with Crippen LogP contribution in [0.25, 0.3) is 0 Å². The number of hydrogen-bond donors (Lipinski definition) is 2. The number of aliphatic hydroxyl groups is 1. The molecule has 0 bridgehead atoms. The van der Waals surface area contributed by atoms with E-state index >= 15 is 0 Å². The average Bonchev–Trinajstić information content (AvgIpc) is 2.46. The van der Waals surface area contributed by atoms with Gasteiger partial charge in [0.05, 0.1) is 12.3 Å². The zero-order valence-electron chi connectivity index (χ0n) is 11.8. The zero-order valence-corrected chi connectivity index (χ0v) is 11.8. The fourth-order valence-electron chi connectivity index (χ4n) is 2.60. The monoisotopic (exact) mass is 263 g/mol. The van der Waals surface area contributed by atoms with Crippen LogP contribution in [0.5, 0.6) is 0 Å². The summed E-state index contributed by atoms with van der Waals surface area (Å²) in [5, 5.41) is 12.8. The van der Waals surface area contributed by atoms with Gasteiger partial charge in [0.2, 0.25) is 0 Å². The number of rotatable bonds is 6. The van der Waals surface area contributed by atoms with Crippen LogP contribution >= 0.6 is 0 Å². The van der Waals surface area contributed by atoms with Crippen LogP contribution in [-0.4, -0.2) is 40.7 Å². The Hall–Kier alpha value is -1.13. The Bertz CT molecular complexity index is 383. The van der Waals surface area contributed by atoms with Gasteiger partial charge in [-0.25, -0.2) is 4.98 Å². The number of likely N-dealkylation sites (tertiary alicyclic amines) is 1. The molecule has 2 N–H and O–H groups in total. The van der Waals surface area contributed by atoms with Crippen LogP contribution in [0.4, 0.5) is 5.82 Å². The Morgan fingerprint density at radius 3 is 3.11 bits per heavy atom. The van der Waals surface area contributed by atoms with Crippen molar-refractivity contribution < 1.29 is 5.11 Å². The van der Waals surface area contributed by atoms with Gasteiger partial charge >= 0.3 is 0 Å². The lowest BCUT2D eigenvalue weighted by molar-refractivity contribution is 0.0831. The summed E-state index contributed by atoms with van der Waals surface area (Å²) in [6, 6.07) is 6.44. The van der Waals surface area contributed by atoms with Crippen molar-refractivity contribution in [1.82, 2.24) is 9.88 Å². The van der Waals surface area contributed by atoms with Gasteiger partial charge in [0.25, 0.3) is 0 Å². The molecule has 2 heterocycles. The molecule has 1 saturated heterocycles. The van der Waals surface area contributed by atoms with Crippen LogP contribution in [0.15, 0.2) is 18.2 Å². The summed E-state index contributed by atoms with van der Waals surface area (Å²) >= 11 is 0. The maximum absolute atomic E-state index is 9.44. The molecule has 0 radical (unpaired) electrons. The van der Waals surface area contributed by atoms with Gasteiger partial charge < -0.3 is 10.4 Å². The second kappa shape index (κ2) is 7.46. The molecule has 2 rings (SSSR count). The SMILES string of the molecule is CCCNc1cccc(CN2CCCCC2CO)n1. The molecule has 1 aromatic heterocycles. The predicted molar refractivity (Wildman–Crippen MR) is 78.2 cm³/mol. The summed E-state index contributed by atoms with van der Waals surface area (Å²) in [6.07, 6.45) is 4.66. The maximum atomic E-state index is 9.44. The van der Waals surface area contributed by atoms with Crippen molar-refractivity contribution in [2.75, 3.05) is 25.0 Å². The number of aliphatic hydroxyl groups excluding tert-OH is 1. The summed E-state index contributed by atoms with van der Waals surface area (Å²) in [6.45, 7) is 5.27. The lowest BCUT2D eigenvalue weighted by Gasteiger charge is -2.34. The van der Waals surface area contributed by atoms with E-state index in [1.807, 2.05) is 6.07 Å². The number of nitrogens with one attached hydrogen (secondary N) is 1. The van der Waals surface area contributed by atoms with Gasteiger partial charge in [-0.1, -0.05) is 19.4 Å². The van der Waals surface area contributed by atoms with Gasteiger partial charge in [0.1, 0.15) is 5.82 Å². The third-order valence-electron chi connectivity index (χ3n) is 3.69. The van der Waals surface area contributed by atoms with Crippen LogP contribution in [-0.2, 0) is 6.54 Å². The molecule has 1 atom stereocenters. The second-order valence-corrected chi connectivity index (χ2v) is 5.24. The van der Waals surface area contributed by atoms with Crippen LogP contribution in [0.1, 0.15) is 38.3 Å². The molecule has 1 aliphatic rings. The number of hydrogen-bond acceptors (Lipinski definition) is 4. The van der Waals surface area contributed by atoms with Crippen molar-refractivity contribution in [2.24, 2.45) is 0 Å². The standard InChI is InChI=1S/C15H25N3O/c1-2-9-16-15-8-5-6-13(17-15)11-18-10-4-3-7-14(18)12-19/h5-6,8,14,19H,2-4,7,9-12H2,1H3,(H,16,17). The molecule has 1 unspecified atom stereocenters. The van der Waals surface area contributed by atoms with E-state index in [0.717, 1.165) is 44.0 Å². The Labute approximate surface area is 115 Å². The predicted octanol–water partition coefficient (Wildman–Crippen LogP) is 2.25. The Morgan fingerprint density at radius 1 is 1.42 bits per heavy atom. The summed E-state index contributed by atoms with van der Waals surface area (Å²) in [7, 11) is 0. The van der Waals surface area contributed by atoms with Crippen molar-refractivity contribution in [3.63, 3.8) is 0 Å². The minimum Gasteiger partial charge on any atom is -0.395 e. The molecule has 0 spiro atoms. The van der Waals surface area contributed by atoms with Gasteiger partial charge in [-0.05, 0) is 37.9 Å². The van der Waals surface area contributed by atoms with Gasteiger partial charge in [0, 0.05) is 19.1 Å². The van der Waals surface area contributed by atoms with E-state index in [0.29, 0.717) is 6.04 Å². The first-order valence-electron chi connectivity index (χ1n) is 7.38. The van der Waals surface area contributed by atoms with Crippen molar-refractivity contribution in [2.45, 2.75) is 45.2 Å². The van der Waals surface area contributed by atoms with E-state index in [4.69, 9.17) is 0 Å². The van der Waals surface area contributed by atoms with E-state index in [2.05, 4.69) is 34.3 Å². The van der Waals surface area contributed by atoms with Crippen molar-refractivity contribution in [1.29, 1.82) is 0 Å². The fraction of sp³-hybridized carbons (Fsp3) is 0.667. The van der Waals surface area contributed by atoms with E-state index in [9.17, 15) is 5.11 Å². The molecular weight excluding hydrogens is 238 g/mol. The normalized spacial score (nSPS) is 20.4. The maximum Gasteiger partial charge on any atom is 0.126 e. The number of anilines is 1. The lowest BCUT2D eigenvalue weighted by Crippen LogP contribution is -2.41. The Kier molecular flexibility index (Phi) is 5.61. The first kappa shape index (κ1) is 14.3. The Balaban J connectivity index is 1.97. The molecule has 19 heavy (non-hydrogen) atoms. The van der Waals surface area contributed by atoms with E-state index in [-0.39, 0.29) is 6.61 Å². The van der Waals surface area contributed by atoms with Gasteiger partial charge in [-0.15, -0.1) is 0 Å². The van der Waals surface area contributed by atoms with Crippen LogP contribution in [0.2, 0.25) is 0 Å². The minimum atomic E-state index is 0.258. The number of nitrogens with zero attached hydrogens (tertiary/aromatic N) is 2. The number of aromatic nitrogens is 1. The highest BCUT2D eigenvalue weighted by Crippen LogP contribution is 2.19. The topological polar surface area (TPSA) is 48.4 Å². The minimum absolute atomic E-state index is 0.258. The molecule has 0 amide bonds. The average molecular weight is 263 g/mol. The molecular formula is C15H25N3O. The van der Waals surface area contributed by atoms with E-state index in [1.165, 1.54) is 12.8 Å². The second-order valence-electron chi connectivity index (χ2n) is 5.24. The number of piperidine rings is 1. The number of pyridine rings is 1. The third-order valence-corrected chi connectivity index (χ3v) is 3.69. The van der Waals surface area contributed by atoms with E-state index in [1.54, 1.807) is 0 Å². The highest BCUT2D eigenvalue weighted by Gasteiger charge is 2.21. The van der Waals surface area contributed by atoms with Crippen LogP contribution < -0.4 is 5.32 Å². The smallest absolute Gasteiger partial charge is 0.126 e.